The molecule has 1 heterocycles. The summed E-state index contributed by atoms with van der Waals surface area (Å²) >= 11 is 6.67. The van der Waals surface area contributed by atoms with Gasteiger partial charge in [-0.1, -0.05) is 60.4 Å². The molecule has 140 valence electrons. The van der Waals surface area contributed by atoms with Gasteiger partial charge in [0.05, 0.1) is 5.25 Å². The van der Waals surface area contributed by atoms with Crippen molar-refractivity contribution in [3.8, 4) is 0 Å². The van der Waals surface area contributed by atoms with Gasteiger partial charge in [-0.2, -0.15) is 0 Å². The molecule has 1 aliphatic rings. The molecule has 1 N–H and O–H groups in total. The Morgan fingerprint density at radius 3 is 2.59 bits per heavy atom. The van der Waals surface area contributed by atoms with E-state index in [4.69, 9.17) is 12.2 Å². The fraction of sp³-hybridized carbons (Fsp3) is 0.286. The van der Waals surface area contributed by atoms with Crippen LogP contribution in [0.5, 0.6) is 0 Å². The zero-order valence-electron chi connectivity index (χ0n) is 15.4. The number of carbonyl (C=O) groups excluding carboxylic acids is 2. The summed E-state index contributed by atoms with van der Waals surface area (Å²) in [5.41, 5.74) is 4.21. The van der Waals surface area contributed by atoms with E-state index in [1.165, 1.54) is 17.3 Å². The Morgan fingerprint density at radius 1 is 1.15 bits per heavy atom. The molecule has 2 aromatic rings. The molecule has 1 aliphatic heterocycles. The van der Waals surface area contributed by atoms with Crippen molar-refractivity contribution in [2.45, 2.75) is 31.9 Å². The summed E-state index contributed by atoms with van der Waals surface area (Å²) in [6.45, 7) is 4.58. The molecular weight excluding hydrogens is 376 g/mol. The van der Waals surface area contributed by atoms with Crippen LogP contribution in [0.15, 0.2) is 48.5 Å². The highest BCUT2D eigenvalue weighted by Gasteiger charge is 2.37. The highest BCUT2D eigenvalue weighted by Crippen LogP contribution is 2.30. The summed E-state index contributed by atoms with van der Waals surface area (Å²) in [5.74, 6) is -0.243. The largest absolute Gasteiger partial charge is 0.326 e. The molecule has 0 bridgehead atoms. The minimum Gasteiger partial charge on any atom is -0.326 e. The Bertz CT molecular complexity index is 868. The average molecular weight is 399 g/mol. The van der Waals surface area contributed by atoms with Crippen LogP contribution in [0.4, 0.5) is 5.69 Å². The smallest absolute Gasteiger partial charge is 0.242 e. The van der Waals surface area contributed by atoms with Crippen LogP contribution in [0, 0.1) is 13.8 Å². The van der Waals surface area contributed by atoms with E-state index in [1.807, 2.05) is 62.4 Å². The summed E-state index contributed by atoms with van der Waals surface area (Å²) in [6.07, 6.45) is 0.868. The number of nitrogens with zero attached hydrogens (tertiary/aromatic N) is 1. The number of thiocarbonyl (C=S) groups is 1. The maximum Gasteiger partial charge on any atom is 0.242 e. The maximum absolute atomic E-state index is 12.7. The Hall–Kier alpha value is -2.18. The Balaban J connectivity index is 1.56. The predicted molar refractivity (Wildman–Crippen MR) is 115 cm³/mol. The van der Waals surface area contributed by atoms with Gasteiger partial charge in [-0.05, 0) is 49.1 Å². The number of hydrogen-bond acceptors (Lipinski definition) is 4. The van der Waals surface area contributed by atoms with E-state index < -0.39 is 5.25 Å². The first kappa shape index (κ1) is 19.6. The highest BCUT2D eigenvalue weighted by atomic mass is 32.2. The van der Waals surface area contributed by atoms with Crippen LogP contribution in [-0.4, -0.2) is 32.8 Å². The van der Waals surface area contributed by atoms with Crippen LogP contribution in [0.3, 0.4) is 0 Å². The number of nitrogens with one attached hydrogen (secondary N) is 1. The summed E-state index contributed by atoms with van der Waals surface area (Å²) < 4.78 is 0.555. The Kier molecular flexibility index (Phi) is 6.29. The second-order valence-electron chi connectivity index (χ2n) is 6.65. The predicted octanol–water partition coefficient (Wildman–Crippen LogP) is 4.10. The van der Waals surface area contributed by atoms with Crippen molar-refractivity contribution < 1.29 is 9.59 Å². The number of anilines is 1. The van der Waals surface area contributed by atoms with Crippen molar-refractivity contribution in [2.75, 3.05) is 11.9 Å². The van der Waals surface area contributed by atoms with E-state index in [1.54, 1.807) is 4.90 Å². The lowest BCUT2D eigenvalue weighted by Gasteiger charge is -2.15. The van der Waals surface area contributed by atoms with Crippen molar-refractivity contribution in [3.63, 3.8) is 0 Å². The van der Waals surface area contributed by atoms with Crippen molar-refractivity contribution in [3.05, 3.63) is 65.2 Å². The molecule has 0 aliphatic carbocycles. The van der Waals surface area contributed by atoms with E-state index in [0.29, 0.717) is 10.9 Å². The first-order chi connectivity index (χ1) is 12.9. The molecule has 2 amide bonds. The zero-order chi connectivity index (χ0) is 19.4. The lowest BCUT2D eigenvalue weighted by molar-refractivity contribution is -0.128. The van der Waals surface area contributed by atoms with Crippen molar-refractivity contribution in [1.82, 2.24) is 4.90 Å². The van der Waals surface area contributed by atoms with Crippen LogP contribution in [0.25, 0.3) is 0 Å². The first-order valence-electron chi connectivity index (χ1n) is 8.87. The molecule has 1 saturated heterocycles. The van der Waals surface area contributed by atoms with E-state index in [9.17, 15) is 9.59 Å². The molecule has 1 unspecified atom stereocenters. The maximum atomic E-state index is 12.7. The van der Waals surface area contributed by atoms with Crippen molar-refractivity contribution in [2.24, 2.45) is 0 Å². The average Bonchev–Trinajstić information content (AvgIpc) is 2.90. The van der Waals surface area contributed by atoms with Crippen molar-refractivity contribution in [1.29, 1.82) is 0 Å². The van der Waals surface area contributed by atoms with Gasteiger partial charge in [-0.25, -0.2) is 0 Å². The van der Waals surface area contributed by atoms with Gasteiger partial charge in [-0.15, -0.1) is 0 Å². The normalized spacial score (nSPS) is 16.7. The number of hydrogen-bond donors (Lipinski definition) is 1. The van der Waals surface area contributed by atoms with Crippen LogP contribution in [0.2, 0.25) is 0 Å². The third-order valence-corrected chi connectivity index (χ3v) is 6.22. The first-order valence-corrected chi connectivity index (χ1v) is 10.2. The second-order valence-corrected chi connectivity index (χ2v) is 8.49. The molecule has 0 aromatic heterocycles. The molecule has 1 atom stereocenters. The lowest BCUT2D eigenvalue weighted by Crippen LogP contribution is -2.34. The number of thioether (sulfide) groups is 1. The zero-order valence-corrected chi connectivity index (χ0v) is 17.0. The van der Waals surface area contributed by atoms with Gasteiger partial charge in [0.15, 0.2) is 0 Å². The Morgan fingerprint density at radius 2 is 1.89 bits per heavy atom. The molecule has 4 nitrogen and oxygen atoms in total. The topological polar surface area (TPSA) is 49.4 Å². The quantitative estimate of drug-likeness (QED) is 0.744. The molecule has 0 saturated carbocycles. The van der Waals surface area contributed by atoms with Crippen LogP contribution in [0.1, 0.15) is 23.1 Å². The number of benzene rings is 2. The molecule has 0 radical (unpaired) electrons. The highest BCUT2D eigenvalue weighted by molar-refractivity contribution is 8.24. The monoisotopic (exact) mass is 398 g/mol. The SMILES string of the molecule is Cc1ccc(NC(=O)CC2SC(=S)N(CCc3ccccc3)C2=O)cc1C. The van der Waals surface area contributed by atoms with Crippen LogP contribution < -0.4 is 5.32 Å². The molecular formula is C21H22N2O2S2. The summed E-state index contributed by atoms with van der Waals surface area (Å²) in [6, 6.07) is 15.8. The van der Waals surface area contributed by atoms with Crippen LogP contribution >= 0.6 is 24.0 Å². The van der Waals surface area contributed by atoms with Gasteiger partial charge in [-0.3, -0.25) is 14.5 Å². The fourth-order valence-electron chi connectivity index (χ4n) is 2.92. The molecule has 3 rings (SSSR count). The van der Waals surface area contributed by atoms with Gasteiger partial charge in [0.2, 0.25) is 11.8 Å². The second kappa shape index (κ2) is 8.67. The molecule has 0 spiro atoms. The molecule has 1 fully saturated rings. The number of carbonyl (C=O) groups is 2. The van der Waals surface area contributed by atoms with Crippen molar-refractivity contribution >= 4 is 45.8 Å². The fourth-order valence-corrected chi connectivity index (χ4v) is 4.46. The van der Waals surface area contributed by atoms with Gasteiger partial charge >= 0.3 is 0 Å². The minimum absolute atomic E-state index is 0.0730. The van der Waals surface area contributed by atoms with Gasteiger partial charge in [0, 0.05) is 18.7 Å². The van der Waals surface area contributed by atoms with E-state index in [2.05, 4.69) is 5.32 Å². The van der Waals surface area contributed by atoms with Gasteiger partial charge in [0.25, 0.3) is 0 Å². The third kappa shape index (κ3) is 4.96. The van der Waals surface area contributed by atoms with E-state index in [-0.39, 0.29) is 18.2 Å². The number of rotatable bonds is 6. The number of aryl methyl sites for hydroxylation is 2. The summed E-state index contributed by atoms with van der Waals surface area (Å²) in [4.78, 5) is 26.7. The Labute approximate surface area is 169 Å². The lowest BCUT2D eigenvalue weighted by atomic mass is 10.1. The molecule has 6 heteroatoms. The standard InChI is InChI=1S/C21H22N2O2S2/c1-14-8-9-17(12-15(14)2)22-19(24)13-18-20(25)23(21(26)27-18)11-10-16-6-4-3-5-7-16/h3-9,12,18H,10-11,13H2,1-2H3,(H,22,24). The summed E-state index contributed by atoms with van der Waals surface area (Å²) in [5, 5.41) is 2.43. The van der Waals surface area contributed by atoms with E-state index >= 15 is 0 Å². The summed E-state index contributed by atoms with van der Waals surface area (Å²) in [7, 11) is 0. The van der Waals surface area contributed by atoms with E-state index in [0.717, 1.165) is 23.2 Å². The van der Waals surface area contributed by atoms with Crippen LogP contribution in [-0.2, 0) is 16.0 Å². The molecule has 2 aromatic carbocycles. The third-order valence-electron chi connectivity index (χ3n) is 4.63. The van der Waals surface area contributed by atoms with Gasteiger partial charge < -0.3 is 5.32 Å². The number of amides is 2. The van der Waals surface area contributed by atoms with Gasteiger partial charge in [0.1, 0.15) is 4.32 Å². The molecule has 27 heavy (non-hydrogen) atoms. The minimum atomic E-state index is -0.445.